The molecule has 1 N–H and O–H groups in total. The second-order valence-electron chi connectivity index (χ2n) is 7.47. The van der Waals surface area contributed by atoms with Crippen LogP contribution in [0.2, 0.25) is 5.02 Å². The summed E-state index contributed by atoms with van der Waals surface area (Å²) in [5.41, 5.74) is 2.55. The van der Waals surface area contributed by atoms with Crippen molar-refractivity contribution in [3.8, 4) is 16.9 Å². The monoisotopic (exact) mass is 416 g/mol. The largest absolute Gasteiger partial charge is 0.349 e. The van der Waals surface area contributed by atoms with Crippen LogP contribution in [-0.4, -0.2) is 16.5 Å². The van der Waals surface area contributed by atoms with Crippen molar-refractivity contribution < 1.29 is 13.6 Å². The number of carbonyl (C=O) groups excluding carboxylic acids is 1. The molecule has 0 saturated carbocycles. The molecule has 29 heavy (non-hydrogen) atoms. The second-order valence-corrected chi connectivity index (χ2v) is 7.91. The Hall–Kier alpha value is -2.66. The zero-order valence-corrected chi connectivity index (χ0v) is 17.5. The van der Waals surface area contributed by atoms with Crippen LogP contribution < -0.4 is 5.32 Å². The first-order valence-corrected chi connectivity index (χ1v) is 9.81. The third kappa shape index (κ3) is 4.35. The van der Waals surface area contributed by atoms with Crippen LogP contribution in [0.3, 0.4) is 0 Å². The molecule has 1 aromatic heterocycles. The van der Waals surface area contributed by atoms with Crippen LogP contribution in [0.15, 0.2) is 48.5 Å². The van der Waals surface area contributed by atoms with Crippen molar-refractivity contribution in [1.29, 1.82) is 0 Å². The average molecular weight is 417 g/mol. The Labute approximate surface area is 174 Å². The number of aromatic nitrogens is 1. The summed E-state index contributed by atoms with van der Waals surface area (Å²) >= 11 is 6.00. The van der Waals surface area contributed by atoms with Gasteiger partial charge in [0.25, 0.3) is 5.91 Å². The van der Waals surface area contributed by atoms with Gasteiger partial charge in [-0.1, -0.05) is 37.6 Å². The third-order valence-electron chi connectivity index (χ3n) is 5.14. The van der Waals surface area contributed by atoms with E-state index in [1.54, 1.807) is 41.8 Å². The van der Waals surface area contributed by atoms with Crippen molar-refractivity contribution in [3.05, 3.63) is 76.4 Å². The SMILES string of the molecule is Cc1c(C(=O)NC(C)C(C)C)cc(-c2ccc(Cl)cc2)n1-c1ccc(F)cc1F. The maximum Gasteiger partial charge on any atom is 0.253 e. The highest BCUT2D eigenvalue weighted by Gasteiger charge is 2.23. The molecule has 0 radical (unpaired) electrons. The van der Waals surface area contributed by atoms with E-state index in [4.69, 9.17) is 11.6 Å². The Bertz CT molecular complexity index is 1040. The normalized spacial score (nSPS) is 12.3. The lowest BCUT2D eigenvalue weighted by Crippen LogP contribution is -2.36. The second kappa shape index (κ2) is 8.37. The summed E-state index contributed by atoms with van der Waals surface area (Å²) < 4.78 is 29.7. The van der Waals surface area contributed by atoms with Crippen molar-refractivity contribution in [2.75, 3.05) is 0 Å². The van der Waals surface area contributed by atoms with Gasteiger partial charge in [-0.25, -0.2) is 8.78 Å². The number of halogens is 3. The van der Waals surface area contributed by atoms with E-state index < -0.39 is 11.6 Å². The van der Waals surface area contributed by atoms with Crippen molar-refractivity contribution >= 4 is 17.5 Å². The van der Waals surface area contributed by atoms with Gasteiger partial charge >= 0.3 is 0 Å². The molecule has 1 amide bonds. The molecule has 0 aliphatic carbocycles. The van der Waals surface area contributed by atoms with E-state index in [0.29, 0.717) is 22.0 Å². The van der Waals surface area contributed by atoms with E-state index in [1.807, 2.05) is 20.8 Å². The van der Waals surface area contributed by atoms with Gasteiger partial charge in [-0.05, 0) is 55.7 Å². The third-order valence-corrected chi connectivity index (χ3v) is 5.39. The Morgan fingerprint density at radius 2 is 1.69 bits per heavy atom. The van der Waals surface area contributed by atoms with Crippen LogP contribution in [0.25, 0.3) is 16.9 Å². The van der Waals surface area contributed by atoms with Gasteiger partial charge in [0.1, 0.15) is 11.6 Å². The number of nitrogens with one attached hydrogen (secondary N) is 1. The van der Waals surface area contributed by atoms with Gasteiger partial charge in [-0.3, -0.25) is 4.79 Å². The van der Waals surface area contributed by atoms with Crippen molar-refractivity contribution in [2.24, 2.45) is 5.92 Å². The predicted molar refractivity (Wildman–Crippen MR) is 113 cm³/mol. The summed E-state index contributed by atoms with van der Waals surface area (Å²) in [7, 11) is 0. The van der Waals surface area contributed by atoms with Crippen LogP contribution in [0.1, 0.15) is 36.8 Å². The fourth-order valence-electron chi connectivity index (χ4n) is 3.09. The molecule has 3 nitrogen and oxygen atoms in total. The van der Waals surface area contributed by atoms with Crippen LogP contribution in [0.5, 0.6) is 0 Å². The molecule has 3 rings (SSSR count). The molecule has 1 heterocycles. The van der Waals surface area contributed by atoms with E-state index in [1.165, 1.54) is 12.1 Å². The minimum absolute atomic E-state index is 0.0215. The molecule has 0 bridgehead atoms. The molecule has 0 saturated heterocycles. The molecule has 0 aliphatic rings. The number of hydrogen-bond donors (Lipinski definition) is 1. The molecule has 0 aliphatic heterocycles. The van der Waals surface area contributed by atoms with E-state index in [-0.39, 0.29) is 23.6 Å². The Balaban J connectivity index is 2.18. The van der Waals surface area contributed by atoms with Crippen molar-refractivity contribution in [2.45, 2.75) is 33.7 Å². The number of amides is 1. The summed E-state index contributed by atoms with van der Waals surface area (Å²) in [5.74, 6) is -1.33. The van der Waals surface area contributed by atoms with Crippen LogP contribution in [0, 0.1) is 24.5 Å². The Kier molecular flexibility index (Phi) is 6.08. The first-order chi connectivity index (χ1) is 13.7. The maximum absolute atomic E-state index is 14.6. The molecular formula is C23H23ClF2N2O. The van der Waals surface area contributed by atoms with Gasteiger partial charge in [0.2, 0.25) is 0 Å². The van der Waals surface area contributed by atoms with Gasteiger partial charge in [0.05, 0.1) is 16.9 Å². The summed E-state index contributed by atoms with van der Waals surface area (Å²) in [6.07, 6.45) is 0. The molecule has 1 atom stereocenters. The zero-order valence-electron chi connectivity index (χ0n) is 16.8. The van der Waals surface area contributed by atoms with Gasteiger partial charge in [0.15, 0.2) is 0 Å². The molecular weight excluding hydrogens is 394 g/mol. The molecule has 0 spiro atoms. The molecule has 2 aromatic carbocycles. The zero-order chi connectivity index (χ0) is 21.3. The minimum atomic E-state index is -0.707. The minimum Gasteiger partial charge on any atom is -0.349 e. The lowest BCUT2D eigenvalue weighted by Gasteiger charge is -2.17. The molecule has 152 valence electrons. The first-order valence-electron chi connectivity index (χ1n) is 9.43. The van der Waals surface area contributed by atoms with Crippen molar-refractivity contribution in [1.82, 2.24) is 9.88 Å². The lowest BCUT2D eigenvalue weighted by atomic mass is 10.1. The highest BCUT2D eigenvalue weighted by molar-refractivity contribution is 6.30. The number of carbonyl (C=O) groups is 1. The van der Waals surface area contributed by atoms with E-state index in [9.17, 15) is 13.6 Å². The number of hydrogen-bond acceptors (Lipinski definition) is 1. The molecule has 3 aromatic rings. The highest BCUT2D eigenvalue weighted by atomic mass is 35.5. The number of nitrogens with zero attached hydrogens (tertiary/aromatic N) is 1. The van der Waals surface area contributed by atoms with Gasteiger partial charge in [0, 0.05) is 22.8 Å². The van der Waals surface area contributed by atoms with E-state index >= 15 is 0 Å². The van der Waals surface area contributed by atoms with Crippen LogP contribution in [-0.2, 0) is 0 Å². The smallest absolute Gasteiger partial charge is 0.253 e. The average Bonchev–Trinajstić information content (AvgIpc) is 2.99. The Morgan fingerprint density at radius 3 is 2.28 bits per heavy atom. The van der Waals surface area contributed by atoms with Crippen LogP contribution >= 0.6 is 11.6 Å². The predicted octanol–water partition coefficient (Wildman–Crippen LogP) is 6.16. The topological polar surface area (TPSA) is 34.0 Å². The van der Waals surface area contributed by atoms with Gasteiger partial charge < -0.3 is 9.88 Å². The number of benzene rings is 2. The van der Waals surface area contributed by atoms with Crippen molar-refractivity contribution in [3.63, 3.8) is 0 Å². The summed E-state index contributed by atoms with van der Waals surface area (Å²) in [6.45, 7) is 7.73. The molecule has 6 heteroatoms. The standard InChI is InChI=1S/C23H23ClF2N2O/c1-13(2)14(3)27-23(29)19-12-22(16-5-7-17(24)8-6-16)28(15(19)4)21-10-9-18(25)11-20(21)26/h5-14H,1-4H3,(H,27,29). The Morgan fingerprint density at radius 1 is 1.03 bits per heavy atom. The number of rotatable bonds is 5. The maximum atomic E-state index is 14.6. The van der Waals surface area contributed by atoms with Gasteiger partial charge in [-0.2, -0.15) is 0 Å². The first kappa shape index (κ1) is 21.1. The highest BCUT2D eigenvalue weighted by Crippen LogP contribution is 2.31. The summed E-state index contributed by atoms with van der Waals surface area (Å²) in [5, 5.41) is 3.56. The fourth-order valence-corrected chi connectivity index (χ4v) is 3.22. The summed E-state index contributed by atoms with van der Waals surface area (Å²) in [6, 6.07) is 12.2. The van der Waals surface area contributed by atoms with E-state index in [0.717, 1.165) is 11.6 Å². The molecule has 0 fully saturated rings. The van der Waals surface area contributed by atoms with Gasteiger partial charge in [-0.15, -0.1) is 0 Å². The fraction of sp³-hybridized carbons (Fsp3) is 0.261. The lowest BCUT2D eigenvalue weighted by molar-refractivity contribution is 0.0930. The van der Waals surface area contributed by atoms with Crippen LogP contribution in [0.4, 0.5) is 8.78 Å². The molecule has 1 unspecified atom stereocenters. The summed E-state index contributed by atoms with van der Waals surface area (Å²) in [4.78, 5) is 12.9. The quantitative estimate of drug-likeness (QED) is 0.531. The van der Waals surface area contributed by atoms with E-state index in [2.05, 4.69) is 5.32 Å².